The van der Waals surface area contributed by atoms with E-state index in [-0.39, 0.29) is 11.8 Å². The molecule has 1 fully saturated rings. The van der Waals surface area contributed by atoms with Gasteiger partial charge in [0.2, 0.25) is 0 Å². The second kappa shape index (κ2) is 11.7. The third-order valence-electron chi connectivity index (χ3n) is 7.01. The van der Waals surface area contributed by atoms with Crippen LogP contribution in [-0.2, 0) is 0 Å². The Kier molecular flexibility index (Phi) is 7.93. The Bertz CT molecular complexity index is 1610. The van der Waals surface area contributed by atoms with Crippen LogP contribution in [0, 0.1) is 6.92 Å². The number of anilines is 1. The summed E-state index contributed by atoms with van der Waals surface area (Å²) in [5.41, 5.74) is 2.27. The van der Waals surface area contributed by atoms with Crippen LogP contribution < -0.4 is 35.2 Å². The zero-order chi connectivity index (χ0) is 28.2. The normalized spacial score (nSPS) is 14.9. The lowest BCUT2D eigenvalue weighted by Crippen LogP contribution is -2.37. The molecule has 0 spiro atoms. The minimum atomic E-state index is -0.666. The van der Waals surface area contributed by atoms with Crippen molar-refractivity contribution >= 4 is 22.6 Å². The fourth-order valence-electron chi connectivity index (χ4n) is 4.91. The Labute approximate surface area is 232 Å². The van der Waals surface area contributed by atoms with Crippen molar-refractivity contribution in [1.29, 1.82) is 0 Å². The van der Waals surface area contributed by atoms with Gasteiger partial charge in [-0.1, -0.05) is 12.1 Å². The standard InChI is InChI=1S/C31H32N2O7/c1-18-28-21(16-27(38-4)29(18)39-23-9-6-12-32-17-23)15-25(31(35)40-28)33-30(34)20-10-11-26(37-3)24(14-20)19-7-5-8-22(13-19)36-2/h5,7-8,10-11,13-16,23,32H,6,9,12,17H2,1-4H3,(H,33,34). The van der Waals surface area contributed by atoms with Crippen LogP contribution >= 0.6 is 0 Å². The number of nitrogens with one attached hydrogen (secondary N) is 2. The van der Waals surface area contributed by atoms with Gasteiger partial charge in [-0.25, -0.2) is 4.79 Å². The monoisotopic (exact) mass is 544 g/mol. The van der Waals surface area contributed by atoms with Crippen LogP contribution in [0.5, 0.6) is 23.0 Å². The highest BCUT2D eigenvalue weighted by Gasteiger charge is 2.22. The highest BCUT2D eigenvalue weighted by Crippen LogP contribution is 2.38. The Morgan fingerprint density at radius 2 is 1.82 bits per heavy atom. The molecular weight excluding hydrogens is 512 g/mol. The Balaban J connectivity index is 1.46. The molecule has 2 heterocycles. The molecule has 0 bridgehead atoms. The van der Waals surface area contributed by atoms with E-state index in [9.17, 15) is 9.59 Å². The van der Waals surface area contributed by atoms with E-state index < -0.39 is 11.5 Å². The van der Waals surface area contributed by atoms with Gasteiger partial charge < -0.3 is 34.0 Å². The van der Waals surface area contributed by atoms with E-state index in [4.69, 9.17) is 23.4 Å². The third-order valence-corrected chi connectivity index (χ3v) is 7.01. The molecule has 1 aromatic heterocycles. The topological polar surface area (TPSA) is 108 Å². The molecular formula is C31H32N2O7. The SMILES string of the molecule is COc1cccc(-c2cc(C(=O)Nc3cc4cc(OC)c(OC5CCCNC5)c(C)c4oc3=O)ccc2OC)c1. The summed E-state index contributed by atoms with van der Waals surface area (Å²) >= 11 is 0. The highest BCUT2D eigenvalue weighted by molar-refractivity contribution is 6.06. The van der Waals surface area contributed by atoms with Crippen LogP contribution in [0.4, 0.5) is 5.69 Å². The molecule has 3 aromatic carbocycles. The summed E-state index contributed by atoms with van der Waals surface area (Å²) in [4.78, 5) is 26.2. The lowest BCUT2D eigenvalue weighted by atomic mass is 10.0. The van der Waals surface area contributed by atoms with Gasteiger partial charge in [-0.2, -0.15) is 0 Å². The number of fused-ring (bicyclic) bond motifs is 1. The van der Waals surface area contributed by atoms with E-state index in [0.29, 0.717) is 50.7 Å². The predicted molar refractivity (Wildman–Crippen MR) is 153 cm³/mol. The lowest BCUT2D eigenvalue weighted by molar-refractivity contribution is 0.102. The second-order valence-electron chi connectivity index (χ2n) is 9.59. The van der Waals surface area contributed by atoms with Gasteiger partial charge in [0.25, 0.3) is 5.91 Å². The summed E-state index contributed by atoms with van der Waals surface area (Å²) in [5.74, 6) is 1.89. The molecule has 1 atom stereocenters. The quantitative estimate of drug-likeness (QED) is 0.292. The molecule has 1 unspecified atom stereocenters. The number of rotatable bonds is 8. The first kappa shape index (κ1) is 27.1. The van der Waals surface area contributed by atoms with E-state index in [1.165, 1.54) is 0 Å². The number of ether oxygens (including phenoxy) is 4. The first-order chi connectivity index (χ1) is 19.4. The van der Waals surface area contributed by atoms with Crippen LogP contribution in [0.1, 0.15) is 28.8 Å². The molecule has 9 heteroatoms. The number of benzene rings is 3. The first-order valence-electron chi connectivity index (χ1n) is 13.1. The Morgan fingerprint density at radius 3 is 2.55 bits per heavy atom. The van der Waals surface area contributed by atoms with Crippen molar-refractivity contribution < 1.29 is 28.2 Å². The molecule has 0 radical (unpaired) electrons. The van der Waals surface area contributed by atoms with Crippen LogP contribution in [0.3, 0.4) is 0 Å². The second-order valence-corrected chi connectivity index (χ2v) is 9.59. The zero-order valence-electron chi connectivity index (χ0n) is 23.0. The van der Waals surface area contributed by atoms with Crippen molar-refractivity contribution in [3.63, 3.8) is 0 Å². The molecule has 4 aromatic rings. The van der Waals surface area contributed by atoms with Crippen molar-refractivity contribution in [3.8, 4) is 34.1 Å². The van der Waals surface area contributed by atoms with E-state index in [2.05, 4.69) is 10.6 Å². The van der Waals surface area contributed by atoms with Crippen LogP contribution in [0.2, 0.25) is 0 Å². The van der Waals surface area contributed by atoms with E-state index in [1.54, 1.807) is 51.7 Å². The largest absolute Gasteiger partial charge is 0.497 e. The van der Waals surface area contributed by atoms with Crippen molar-refractivity contribution in [2.45, 2.75) is 25.9 Å². The number of amides is 1. The number of methoxy groups -OCH3 is 3. The third kappa shape index (κ3) is 5.46. The molecule has 9 nitrogen and oxygen atoms in total. The molecule has 40 heavy (non-hydrogen) atoms. The van der Waals surface area contributed by atoms with Gasteiger partial charge in [0.1, 0.15) is 28.9 Å². The first-order valence-corrected chi connectivity index (χ1v) is 13.1. The van der Waals surface area contributed by atoms with Gasteiger partial charge in [0.05, 0.1) is 21.3 Å². The maximum absolute atomic E-state index is 13.3. The number of carbonyl (C=O) groups is 1. The Hall–Kier alpha value is -4.50. The zero-order valence-corrected chi connectivity index (χ0v) is 23.0. The minimum Gasteiger partial charge on any atom is -0.497 e. The van der Waals surface area contributed by atoms with Crippen molar-refractivity contribution in [2.75, 3.05) is 39.7 Å². The van der Waals surface area contributed by atoms with Crippen LogP contribution in [0.25, 0.3) is 22.1 Å². The maximum Gasteiger partial charge on any atom is 0.360 e. The number of piperidine rings is 1. The van der Waals surface area contributed by atoms with Crippen molar-refractivity contribution in [1.82, 2.24) is 5.32 Å². The average molecular weight is 545 g/mol. The molecule has 5 rings (SSSR count). The number of hydrogen-bond donors (Lipinski definition) is 2. The summed E-state index contributed by atoms with van der Waals surface area (Å²) in [6.45, 7) is 3.53. The minimum absolute atomic E-state index is 0.00422. The molecule has 1 aliphatic rings. The van der Waals surface area contributed by atoms with Crippen LogP contribution in [0.15, 0.2) is 63.8 Å². The van der Waals surface area contributed by atoms with Gasteiger partial charge in [-0.15, -0.1) is 0 Å². The summed E-state index contributed by atoms with van der Waals surface area (Å²) < 4.78 is 28.4. The fraction of sp³-hybridized carbons (Fsp3) is 0.290. The van der Waals surface area contributed by atoms with Crippen LogP contribution in [-0.4, -0.2) is 46.4 Å². The molecule has 208 valence electrons. The summed E-state index contributed by atoms with van der Waals surface area (Å²) in [5, 5.41) is 6.64. The van der Waals surface area contributed by atoms with E-state index >= 15 is 0 Å². The fourth-order valence-corrected chi connectivity index (χ4v) is 4.91. The van der Waals surface area contributed by atoms with Gasteiger partial charge in [-0.05, 0) is 74.3 Å². The smallest absolute Gasteiger partial charge is 0.360 e. The van der Waals surface area contributed by atoms with Crippen molar-refractivity contribution in [3.05, 3.63) is 76.1 Å². The molecule has 0 saturated carbocycles. The summed E-state index contributed by atoms with van der Waals surface area (Å²) in [7, 11) is 4.73. The molecule has 1 amide bonds. The summed E-state index contributed by atoms with van der Waals surface area (Å²) in [6.07, 6.45) is 1.94. The number of hydrogen-bond acceptors (Lipinski definition) is 8. The Morgan fingerprint density at radius 1 is 1.00 bits per heavy atom. The van der Waals surface area contributed by atoms with Gasteiger partial charge in [0.15, 0.2) is 11.5 Å². The summed E-state index contributed by atoms with van der Waals surface area (Å²) in [6, 6.07) is 15.9. The molecule has 0 aliphatic carbocycles. The highest BCUT2D eigenvalue weighted by atomic mass is 16.5. The lowest BCUT2D eigenvalue weighted by Gasteiger charge is -2.26. The maximum atomic E-state index is 13.3. The molecule has 2 N–H and O–H groups in total. The molecule has 1 aliphatic heterocycles. The van der Waals surface area contributed by atoms with Gasteiger partial charge >= 0.3 is 5.63 Å². The number of carbonyl (C=O) groups excluding carboxylic acids is 1. The number of aryl methyl sites for hydroxylation is 1. The predicted octanol–water partition coefficient (Wildman–Crippen LogP) is 5.18. The van der Waals surface area contributed by atoms with Gasteiger partial charge in [0, 0.05) is 28.6 Å². The van der Waals surface area contributed by atoms with Gasteiger partial charge in [-0.3, -0.25) is 4.79 Å². The van der Waals surface area contributed by atoms with E-state index in [0.717, 1.165) is 31.5 Å². The average Bonchev–Trinajstić information content (AvgIpc) is 2.99. The van der Waals surface area contributed by atoms with E-state index in [1.807, 2.05) is 31.2 Å². The molecule has 1 saturated heterocycles. The van der Waals surface area contributed by atoms with Crippen molar-refractivity contribution in [2.24, 2.45) is 0 Å².